The maximum Gasteiger partial charge on any atom is 0.306 e. The van der Waals surface area contributed by atoms with Crippen LogP contribution in [0.5, 0.6) is 0 Å². The van der Waals surface area contributed by atoms with Crippen molar-refractivity contribution in [1.29, 1.82) is 0 Å². The molecule has 0 aliphatic carbocycles. The maximum absolute atomic E-state index is 12.0. The van der Waals surface area contributed by atoms with Gasteiger partial charge < -0.3 is 15.4 Å². The minimum absolute atomic E-state index is 0.00143. The van der Waals surface area contributed by atoms with E-state index < -0.39 is 5.97 Å². The van der Waals surface area contributed by atoms with E-state index in [9.17, 15) is 14.4 Å². The molecule has 0 spiro atoms. The summed E-state index contributed by atoms with van der Waals surface area (Å²) in [4.78, 5) is 35.0. The number of amides is 2. The van der Waals surface area contributed by atoms with Crippen molar-refractivity contribution in [2.75, 3.05) is 18.5 Å². The Bertz CT molecular complexity index is 555. The van der Waals surface area contributed by atoms with Crippen LogP contribution in [0.4, 0.5) is 5.69 Å². The zero-order valence-corrected chi connectivity index (χ0v) is 12.6. The average Bonchev–Trinajstić information content (AvgIpc) is 2.51. The molecule has 0 radical (unpaired) electrons. The summed E-state index contributed by atoms with van der Waals surface area (Å²) < 4.78 is 4.76. The maximum atomic E-state index is 12.0. The van der Waals surface area contributed by atoms with Gasteiger partial charge in [0.25, 0.3) is 5.91 Å². The molecule has 0 aromatic heterocycles. The van der Waals surface area contributed by atoms with Crippen molar-refractivity contribution in [1.82, 2.24) is 5.32 Å². The third kappa shape index (κ3) is 5.78. The van der Waals surface area contributed by atoms with Gasteiger partial charge in [-0.3, -0.25) is 14.4 Å². The van der Waals surface area contributed by atoms with Gasteiger partial charge in [0.05, 0.1) is 24.3 Å². The number of carbonyl (C=O) groups is 3. The Morgan fingerprint density at radius 3 is 2.64 bits per heavy atom. The van der Waals surface area contributed by atoms with E-state index in [-0.39, 0.29) is 31.3 Å². The van der Waals surface area contributed by atoms with E-state index in [1.165, 1.54) is 0 Å². The number of carbonyl (C=O) groups excluding carboxylic acids is 3. The fourth-order valence-corrected chi connectivity index (χ4v) is 1.71. The molecule has 0 saturated heterocycles. The summed E-state index contributed by atoms with van der Waals surface area (Å²) in [6.45, 7) is 5.85. The van der Waals surface area contributed by atoms with Crippen LogP contribution in [-0.4, -0.2) is 30.9 Å². The lowest BCUT2D eigenvalue weighted by atomic mass is 10.1. The molecule has 6 nitrogen and oxygen atoms in total. The van der Waals surface area contributed by atoms with E-state index in [1.807, 2.05) is 0 Å². The smallest absolute Gasteiger partial charge is 0.306 e. The first-order valence-corrected chi connectivity index (χ1v) is 7.02. The largest absolute Gasteiger partial charge is 0.466 e. The number of hydrogen-bond donors (Lipinski definition) is 2. The first-order chi connectivity index (χ1) is 10.6. The summed E-state index contributed by atoms with van der Waals surface area (Å²) in [6, 6.07) is 6.66. The van der Waals surface area contributed by atoms with Crippen molar-refractivity contribution < 1.29 is 19.1 Å². The molecule has 2 N–H and O–H groups in total. The molecule has 0 aliphatic heterocycles. The number of nitrogens with one attached hydrogen (secondary N) is 2. The van der Waals surface area contributed by atoms with Gasteiger partial charge in [-0.1, -0.05) is 18.2 Å². The highest BCUT2D eigenvalue weighted by Crippen LogP contribution is 2.15. The second-order valence-corrected chi connectivity index (χ2v) is 4.40. The van der Waals surface area contributed by atoms with Gasteiger partial charge in [0.1, 0.15) is 0 Å². The van der Waals surface area contributed by atoms with Crippen LogP contribution in [0.2, 0.25) is 0 Å². The SMILES string of the molecule is C=CCNC(=O)c1ccccc1NC(=O)CCC(=O)OCC. The lowest BCUT2D eigenvalue weighted by Crippen LogP contribution is -2.25. The van der Waals surface area contributed by atoms with Crippen molar-refractivity contribution in [3.05, 3.63) is 42.5 Å². The summed E-state index contributed by atoms with van der Waals surface area (Å²) in [5, 5.41) is 5.28. The fourth-order valence-electron chi connectivity index (χ4n) is 1.71. The summed E-state index contributed by atoms with van der Waals surface area (Å²) >= 11 is 0. The van der Waals surface area contributed by atoms with Crippen LogP contribution in [0.15, 0.2) is 36.9 Å². The van der Waals surface area contributed by atoms with Crippen molar-refractivity contribution in [3.63, 3.8) is 0 Å². The monoisotopic (exact) mass is 304 g/mol. The van der Waals surface area contributed by atoms with Crippen LogP contribution in [0.3, 0.4) is 0 Å². The molecule has 0 fully saturated rings. The molecule has 0 aliphatic rings. The third-order valence-corrected chi connectivity index (χ3v) is 2.71. The molecule has 0 atom stereocenters. The number of para-hydroxylation sites is 1. The van der Waals surface area contributed by atoms with Crippen LogP contribution >= 0.6 is 0 Å². The van der Waals surface area contributed by atoms with Gasteiger partial charge in [0.2, 0.25) is 5.91 Å². The molecule has 0 saturated carbocycles. The van der Waals surface area contributed by atoms with Gasteiger partial charge in [-0.25, -0.2) is 0 Å². The standard InChI is InChI=1S/C16H20N2O4/c1-3-11-17-16(21)12-7-5-6-8-13(12)18-14(19)9-10-15(20)22-4-2/h3,5-8H,1,4,9-11H2,2H3,(H,17,21)(H,18,19). The molecule has 2 amide bonds. The van der Waals surface area contributed by atoms with Crippen LogP contribution in [0.1, 0.15) is 30.1 Å². The summed E-state index contributed by atoms with van der Waals surface area (Å²) in [5.74, 6) is -1.08. The van der Waals surface area contributed by atoms with Crippen LogP contribution in [0, 0.1) is 0 Å². The van der Waals surface area contributed by atoms with E-state index in [0.29, 0.717) is 17.8 Å². The zero-order valence-electron chi connectivity index (χ0n) is 12.6. The van der Waals surface area contributed by atoms with Gasteiger partial charge in [-0.05, 0) is 19.1 Å². The summed E-state index contributed by atoms with van der Waals surface area (Å²) in [7, 11) is 0. The molecular formula is C16H20N2O4. The van der Waals surface area contributed by atoms with Crippen molar-refractivity contribution in [2.45, 2.75) is 19.8 Å². The predicted octanol–water partition coefficient (Wildman–Crippen LogP) is 1.88. The summed E-state index contributed by atoms with van der Waals surface area (Å²) in [6.07, 6.45) is 1.57. The van der Waals surface area contributed by atoms with Crippen LogP contribution < -0.4 is 10.6 Å². The number of anilines is 1. The van der Waals surface area contributed by atoms with Gasteiger partial charge in [-0.2, -0.15) is 0 Å². The van der Waals surface area contributed by atoms with E-state index in [2.05, 4.69) is 17.2 Å². The Labute approximate surface area is 129 Å². The lowest BCUT2D eigenvalue weighted by Gasteiger charge is -2.10. The van der Waals surface area contributed by atoms with Gasteiger partial charge in [0.15, 0.2) is 0 Å². The molecule has 1 rings (SSSR count). The van der Waals surface area contributed by atoms with E-state index >= 15 is 0 Å². The third-order valence-electron chi connectivity index (χ3n) is 2.71. The Hall–Kier alpha value is -2.63. The van der Waals surface area contributed by atoms with E-state index in [0.717, 1.165) is 0 Å². The molecule has 0 unspecified atom stereocenters. The van der Waals surface area contributed by atoms with Gasteiger partial charge >= 0.3 is 5.97 Å². The summed E-state index contributed by atoms with van der Waals surface area (Å²) in [5.41, 5.74) is 0.756. The van der Waals surface area contributed by atoms with Crippen LogP contribution in [0.25, 0.3) is 0 Å². The van der Waals surface area contributed by atoms with Crippen molar-refractivity contribution in [2.24, 2.45) is 0 Å². The first kappa shape index (κ1) is 17.4. The zero-order chi connectivity index (χ0) is 16.4. The fraction of sp³-hybridized carbons (Fsp3) is 0.312. The Balaban J connectivity index is 2.65. The molecule has 118 valence electrons. The molecule has 1 aromatic carbocycles. The average molecular weight is 304 g/mol. The van der Waals surface area contributed by atoms with Crippen molar-refractivity contribution in [3.8, 4) is 0 Å². The highest BCUT2D eigenvalue weighted by atomic mass is 16.5. The first-order valence-electron chi connectivity index (χ1n) is 7.02. The molecule has 0 heterocycles. The number of benzene rings is 1. The Morgan fingerprint density at radius 1 is 1.23 bits per heavy atom. The quantitative estimate of drug-likeness (QED) is 0.567. The van der Waals surface area contributed by atoms with E-state index in [1.54, 1.807) is 37.3 Å². The molecule has 6 heteroatoms. The van der Waals surface area contributed by atoms with Crippen LogP contribution in [-0.2, 0) is 14.3 Å². The molecule has 1 aromatic rings. The topological polar surface area (TPSA) is 84.5 Å². The van der Waals surface area contributed by atoms with E-state index in [4.69, 9.17) is 4.74 Å². The minimum Gasteiger partial charge on any atom is -0.466 e. The highest BCUT2D eigenvalue weighted by Gasteiger charge is 2.13. The molecule has 22 heavy (non-hydrogen) atoms. The minimum atomic E-state index is -0.422. The number of ether oxygens (including phenoxy) is 1. The second-order valence-electron chi connectivity index (χ2n) is 4.40. The lowest BCUT2D eigenvalue weighted by molar-refractivity contribution is -0.144. The number of hydrogen-bond acceptors (Lipinski definition) is 4. The normalized spacial score (nSPS) is 9.68. The van der Waals surface area contributed by atoms with Gasteiger partial charge in [-0.15, -0.1) is 6.58 Å². The number of esters is 1. The molecule has 0 bridgehead atoms. The van der Waals surface area contributed by atoms with Crippen molar-refractivity contribution >= 4 is 23.5 Å². The Kier molecular flexibility index (Phi) is 7.39. The highest BCUT2D eigenvalue weighted by molar-refractivity contribution is 6.04. The second kappa shape index (κ2) is 9.33. The van der Waals surface area contributed by atoms with Gasteiger partial charge in [0, 0.05) is 13.0 Å². The number of rotatable bonds is 8. The predicted molar refractivity (Wildman–Crippen MR) is 83.5 cm³/mol. The molecular weight excluding hydrogens is 284 g/mol. The Morgan fingerprint density at radius 2 is 1.95 bits per heavy atom.